The van der Waals surface area contributed by atoms with Crippen LogP contribution in [0.1, 0.15) is 35.7 Å². The molecule has 1 aromatic carbocycles. The molecule has 2 aliphatic heterocycles. The van der Waals surface area contributed by atoms with Crippen molar-refractivity contribution in [2.24, 2.45) is 0 Å². The summed E-state index contributed by atoms with van der Waals surface area (Å²) >= 11 is 0. The molecule has 5 nitrogen and oxygen atoms in total. The van der Waals surface area contributed by atoms with Crippen molar-refractivity contribution in [1.29, 1.82) is 0 Å². The van der Waals surface area contributed by atoms with Gasteiger partial charge in [0.25, 0.3) is 5.91 Å². The molecule has 0 radical (unpaired) electrons. The maximum Gasteiger partial charge on any atom is 0.261 e. The number of hydrogen-bond donors (Lipinski definition) is 1. The predicted octanol–water partition coefficient (Wildman–Crippen LogP) is 1.89. The van der Waals surface area contributed by atoms with Crippen molar-refractivity contribution in [1.82, 2.24) is 4.90 Å². The van der Waals surface area contributed by atoms with Gasteiger partial charge in [-0.25, -0.2) is 4.39 Å². The summed E-state index contributed by atoms with van der Waals surface area (Å²) in [7, 11) is 0. The Balaban J connectivity index is 2.07. The fourth-order valence-electron chi connectivity index (χ4n) is 3.02. The molecule has 1 fully saturated rings. The molecule has 6 heteroatoms. The van der Waals surface area contributed by atoms with Crippen LogP contribution in [0.25, 0.3) is 0 Å². The van der Waals surface area contributed by atoms with Gasteiger partial charge in [-0.15, -0.1) is 0 Å². The van der Waals surface area contributed by atoms with E-state index >= 15 is 0 Å². The number of fused-ring (bicyclic) bond motifs is 2. The van der Waals surface area contributed by atoms with Gasteiger partial charge in [-0.3, -0.25) is 4.79 Å². The van der Waals surface area contributed by atoms with Gasteiger partial charge in [-0.1, -0.05) is 6.92 Å². The summed E-state index contributed by atoms with van der Waals surface area (Å²) in [5.41, 5.74) is 0.521. The Morgan fingerprint density at radius 3 is 3.05 bits per heavy atom. The highest BCUT2D eigenvalue weighted by Crippen LogP contribution is 2.38. The molecule has 0 aliphatic carbocycles. The van der Waals surface area contributed by atoms with Crippen molar-refractivity contribution in [3.8, 4) is 11.5 Å². The van der Waals surface area contributed by atoms with Crippen LogP contribution in [0.2, 0.25) is 0 Å². The van der Waals surface area contributed by atoms with E-state index in [1.807, 2.05) is 6.92 Å². The van der Waals surface area contributed by atoms with Gasteiger partial charge in [0.2, 0.25) is 0 Å². The number of aliphatic hydroxyl groups excluding tert-OH is 1. The molecule has 1 saturated heterocycles. The summed E-state index contributed by atoms with van der Waals surface area (Å²) in [5, 5.41) is 9.77. The van der Waals surface area contributed by atoms with E-state index in [-0.39, 0.29) is 29.8 Å². The summed E-state index contributed by atoms with van der Waals surface area (Å²) < 4.78 is 25.7. The van der Waals surface area contributed by atoms with E-state index in [9.17, 15) is 14.3 Å². The lowest BCUT2D eigenvalue weighted by molar-refractivity contribution is 0.0705. The number of amides is 1. The lowest BCUT2D eigenvalue weighted by Crippen LogP contribution is -2.37. The largest absolute Gasteiger partial charge is 0.490 e. The van der Waals surface area contributed by atoms with Crippen molar-refractivity contribution in [2.75, 3.05) is 19.8 Å². The minimum Gasteiger partial charge on any atom is -0.490 e. The summed E-state index contributed by atoms with van der Waals surface area (Å²) in [6.45, 7) is 4.41. The van der Waals surface area contributed by atoms with E-state index in [1.165, 1.54) is 0 Å². The molecular formula is C16H20FNO4. The zero-order valence-electron chi connectivity index (χ0n) is 12.8. The number of aryl methyl sites for hydroxylation is 1. The van der Waals surface area contributed by atoms with E-state index in [0.29, 0.717) is 37.4 Å². The number of benzene rings is 1. The molecule has 1 N–H and O–H groups in total. The van der Waals surface area contributed by atoms with Crippen molar-refractivity contribution >= 4 is 5.91 Å². The molecule has 2 aliphatic rings. The minimum absolute atomic E-state index is 0.0381. The van der Waals surface area contributed by atoms with Gasteiger partial charge in [-0.05, 0) is 31.4 Å². The number of carbonyl (C=O) groups excluding carboxylic acids is 1. The van der Waals surface area contributed by atoms with Crippen LogP contribution in [0.4, 0.5) is 4.39 Å². The van der Waals surface area contributed by atoms with Crippen molar-refractivity contribution < 1.29 is 23.8 Å². The third-order valence-corrected chi connectivity index (χ3v) is 4.12. The van der Waals surface area contributed by atoms with Crippen molar-refractivity contribution in [3.05, 3.63) is 23.0 Å². The number of carbonyl (C=O) groups is 1. The first-order valence-electron chi connectivity index (χ1n) is 7.60. The lowest BCUT2D eigenvalue weighted by Gasteiger charge is -2.21. The molecule has 0 saturated carbocycles. The van der Waals surface area contributed by atoms with Crippen molar-refractivity contribution in [3.63, 3.8) is 0 Å². The molecule has 2 heterocycles. The molecule has 2 atom stereocenters. The van der Waals surface area contributed by atoms with Crippen LogP contribution in [-0.2, 0) is 0 Å². The Morgan fingerprint density at radius 2 is 2.32 bits per heavy atom. The molecule has 22 heavy (non-hydrogen) atoms. The Kier molecular flexibility index (Phi) is 3.95. The third kappa shape index (κ3) is 2.41. The molecule has 0 bridgehead atoms. The van der Waals surface area contributed by atoms with E-state index < -0.39 is 11.9 Å². The average molecular weight is 309 g/mol. The van der Waals surface area contributed by atoms with Crippen LogP contribution in [0.5, 0.6) is 11.5 Å². The van der Waals surface area contributed by atoms with E-state index in [1.54, 1.807) is 17.9 Å². The van der Waals surface area contributed by atoms with Crippen LogP contribution in [0.3, 0.4) is 0 Å². The number of hydrogen-bond acceptors (Lipinski definition) is 4. The van der Waals surface area contributed by atoms with Gasteiger partial charge < -0.3 is 19.5 Å². The maximum absolute atomic E-state index is 14.4. The molecular weight excluding hydrogens is 289 g/mol. The smallest absolute Gasteiger partial charge is 0.261 e. The normalized spacial score (nSPS) is 23.6. The van der Waals surface area contributed by atoms with Gasteiger partial charge in [-0.2, -0.15) is 0 Å². The zero-order valence-corrected chi connectivity index (χ0v) is 12.8. The maximum atomic E-state index is 14.4. The van der Waals surface area contributed by atoms with Crippen LogP contribution in [-0.4, -0.2) is 47.8 Å². The van der Waals surface area contributed by atoms with Crippen LogP contribution < -0.4 is 9.47 Å². The highest BCUT2D eigenvalue weighted by Gasteiger charge is 2.40. The van der Waals surface area contributed by atoms with E-state index in [4.69, 9.17) is 9.47 Å². The van der Waals surface area contributed by atoms with Gasteiger partial charge in [0.15, 0.2) is 11.6 Å². The fraction of sp³-hybridized carbons (Fsp3) is 0.562. The Bertz CT molecular complexity index is 604. The minimum atomic E-state index is -0.561. The average Bonchev–Trinajstić information content (AvgIpc) is 2.81. The summed E-state index contributed by atoms with van der Waals surface area (Å²) in [5.74, 6) is -0.538. The quantitative estimate of drug-likeness (QED) is 0.926. The molecule has 1 aromatic rings. The van der Waals surface area contributed by atoms with Gasteiger partial charge >= 0.3 is 0 Å². The second-order valence-corrected chi connectivity index (χ2v) is 5.87. The van der Waals surface area contributed by atoms with Crippen LogP contribution in [0, 0.1) is 12.7 Å². The van der Waals surface area contributed by atoms with Crippen molar-refractivity contribution in [2.45, 2.75) is 38.8 Å². The van der Waals surface area contributed by atoms with Gasteiger partial charge in [0, 0.05) is 6.54 Å². The zero-order chi connectivity index (χ0) is 15.9. The Morgan fingerprint density at radius 1 is 1.55 bits per heavy atom. The van der Waals surface area contributed by atoms with Crippen LogP contribution in [0.15, 0.2) is 6.07 Å². The molecule has 0 spiro atoms. The first-order chi connectivity index (χ1) is 10.5. The second-order valence-electron chi connectivity index (χ2n) is 5.87. The van der Waals surface area contributed by atoms with Gasteiger partial charge in [0.05, 0.1) is 18.8 Å². The molecule has 120 valence electrons. The first kappa shape index (κ1) is 15.1. The molecule has 3 rings (SSSR count). The molecule has 1 amide bonds. The van der Waals surface area contributed by atoms with Gasteiger partial charge in [0.1, 0.15) is 17.9 Å². The summed E-state index contributed by atoms with van der Waals surface area (Å²) in [6, 6.07) is 1.36. The highest BCUT2D eigenvalue weighted by molar-refractivity contribution is 6.00. The number of nitrogens with zero attached hydrogens (tertiary/aromatic N) is 1. The monoisotopic (exact) mass is 309 g/mol. The second kappa shape index (κ2) is 5.76. The predicted molar refractivity (Wildman–Crippen MR) is 77.9 cm³/mol. The number of rotatable bonds is 3. The molecule has 0 unspecified atom stereocenters. The standard InChI is InChI=1S/C16H20FNO4/c1-3-4-21-15-13-12(5-9(2)14(15)17)22-8-10-6-11(19)7-18(10)16(13)20/h5,10-11,19H,3-4,6-8H2,1-2H3/t10-,11+/m1/s1. The number of halogens is 1. The Hall–Kier alpha value is -1.82. The molecule has 0 aromatic heterocycles. The number of ether oxygens (including phenoxy) is 2. The third-order valence-electron chi connectivity index (χ3n) is 4.12. The topological polar surface area (TPSA) is 59.0 Å². The highest BCUT2D eigenvalue weighted by atomic mass is 19.1. The fourth-order valence-corrected chi connectivity index (χ4v) is 3.02. The first-order valence-corrected chi connectivity index (χ1v) is 7.60. The summed E-state index contributed by atoms with van der Waals surface area (Å²) in [4.78, 5) is 14.4. The SMILES string of the molecule is CCCOc1c(F)c(C)cc2c1C(=O)N1C[C@@H](O)C[C@@H]1CO2. The van der Waals surface area contributed by atoms with Crippen LogP contribution >= 0.6 is 0 Å². The lowest BCUT2D eigenvalue weighted by atomic mass is 10.1. The summed E-state index contributed by atoms with van der Waals surface area (Å²) in [6.07, 6.45) is 0.628. The van der Waals surface area contributed by atoms with E-state index in [0.717, 1.165) is 0 Å². The van der Waals surface area contributed by atoms with E-state index in [2.05, 4.69) is 0 Å². The number of aliphatic hydroxyl groups is 1. The Labute approximate surface area is 128 Å².